The van der Waals surface area contributed by atoms with Crippen LogP contribution in [0.15, 0.2) is 18.3 Å². The summed E-state index contributed by atoms with van der Waals surface area (Å²) < 4.78 is 4.99. The number of carbonyl (C=O) groups is 1. The van der Waals surface area contributed by atoms with E-state index in [9.17, 15) is 20.1 Å². The van der Waals surface area contributed by atoms with Crippen LogP contribution in [-0.2, 0) is 4.74 Å². The molecule has 1 rings (SSSR count). The number of carbonyl (C=O) groups excluding carboxylic acids is 1. The number of aliphatic hydroxyl groups excluding tert-OH is 2. The Hall–Kier alpha value is -1.86. The average Bonchev–Trinajstić information content (AvgIpc) is 2.33. The molecule has 1 aromatic heterocycles. The van der Waals surface area contributed by atoms with E-state index in [-0.39, 0.29) is 18.0 Å². The van der Waals surface area contributed by atoms with Gasteiger partial charge in [0.1, 0.15) is 29.3 Å². The first-order valence-corrected chi connectivity index (χ1v) is 6.17. The minimum Gasteiger partial charge on any atom is -0.506 e. The highest BCUT2D eigenvalue weighted by molar-refractivity contribution is 5.67. The third kappa shape index (κ3) is 5.02. The van der Waals surface area contributed by atoms with E-state index in [1.807, 2.05) is 0 Å². The molecule has 0 bridgehead atoms. The van der Waals surface area contributed by atoms with Crippen molar-refractivity contribution in [1.82, 2.24) is 10.3 Å². The monoisotopic (exact) mass is 284 g/mol. The smallest absolute Gasteiger partial charge is 0.407 e. The number of hydrogen-bond acceptors (Lipinski definition) is 6. The Balaban J connectivity index is 2.53. The van der Waals surface area contributed by atoms with Crippen molar-refractivity contribution in [3.63, 3.8) is 0 Å². The summed E-state index contributed by atoms with van der Waals surface area (Å²) in [6.45, 7) is 4.91. The molecule has 112 valence electrons. The van der Waals surface area contributed by atoms with Gasteiger partial charge in [-0.1, -0.05) is 0 Å². The van der Waals surface area contributed by atoms with Gasteiger partial charge in [-0.15, -0.1) is 0 Å². The molecule has 0 spiro atoms. The Morgan fingerprint density at radius 1 is 1.45 bits per heavy atom. The molecule has 0 saturated heterocycles. The molecule has 0 aliphatic rings. The largest absolute Gasteiger partial charge is 0.506 e. The summed E-state index contributed by atoms with van der Waals surface area (Å²) in [5.74, 6) is -0.226. The summed E-state index contributed by atoms with van der Waals surface area (Å²) in [7, 11) is 0. The summed E-state index contributed by atoms with van der Waals surface area (Å²) in [5.41, 5.74) is -0.696. The lowest BCUT2D eigenvalue weighted by molar-refractivity contribution is 0.00974. The zero-order chi connectivity index (χ0) is 15.3. The van der Waals surface area contributed by atoms with Crippen LogP contribution in [0.4, 0.5) is 4.79 Å². The average molecular weight is 284 g/mol. The molecule has 20 heavy (non-hydrogen) atoms. The van der Waals surface area contributed by atoms with Crippen LogP contribution in [-0.4, -0.2) is 44.6 Å². The molecule has 0 radical (unpaired) electrons. The SMILES string of the molecule is CC(C)(C)OC(=O)NCC(O)C(O)c1ncccc1O. The first-order chi connectivity index (χ1) is 9.20. The zero-order valence-corrected chi connectivity index (χ0v) is 11.7. The second kappa shape index (κ2) is 6.53. The first-order valence-electron chi connectivity index (χ1n) is 6.17. The van der Waals surface area contributed by atoms with Gasteiger partial charge in [-0.25, -0.2) is 4.79 Å². The second-order valence-corrected chi connectivity index (χ2v) is 5.30. The lowest BCUT2D eigenvalue weighted by Gasteiger charge is -2.22. The van der Waals surface area contributed by atoms with Crippen molar-refractivity contribution in [2.24, 2.45) is 0 Å². The van der Waals surface area contributed by atoms with Crippen LogP contribution in [0.5, 0.6) is 5.75 Å². The molecular weight excluding hydrogens is 264 g/mol. The van der Waals surface area contributed by atoms with E-state index in [1.165, 1.54) is 18.3 Å². The molecule has 0 saturated carbocycles. The van der Waals surface area contributed by atoms with E-state index in [0.717, 1.165) is 0 Å². The number of hydrogen-bond donors (Lipinski definition) is 4. The Morgan fingerprint density at radius 2 is 2.10 bits per heavy atom. The van der Waals surface area contributed by atoms with Gasteiger partial charge in [0, 0.05) is 12.7 Å². The van der Waals surface area contributed by atoms with E-state index < -0.39 is 23.9 Å². The van der Waals surface area contributed by atoms with E-state index >= 15 is 0 Å². The fourth-order valence-corrected chi connectivity index (χ4v) is 1.43. The normalized spacial score (nSPS) is 14.4. The highest BCUT2D eigenvalue weighted by atomic mass is 16.6. The van der Waals surface area contributed by atoms with Gasteiger partial charge in [-0.05, 0) is 32.9 Å². The van der Waals surface area contributed by atoms with Crippen LogP contribution in [0.1, 0.15) is 32.6 Å². The van der Waals surface area contributed by atoms with Gasteiger partial charge in [0.15, 0.2) is 0 Å². The molecule has 0 aliphatic heterocycles. The van der Waals surface area contributed by atoms with Crippen molar-refractivity contribution in [1.29, 1.82) is 0 Å². The van der Waals surface area contributed by atoms with Gasteiger partial charge in [0.05, 0.1) is 0 Å². The molecule has 0 aliphatic carbocycles. The van der Waals surface area contributed by atoms with Crippen molar-refractivity contribution < 1.29 is 24.9 Å². The summed E-state index contributed by atoms with van der Waals surface area (Å²) in [6.07, 6.45) is -2.05. The van der Waals surface area contributed by atoms with E-state index in [1.54, 1.807) is 20.8 Å². The van der Waals surface area contributed by atoms with Crippen LogP contribution in [0.25, 0.3) is 0 Å². The molecule has 1 aromatic rings. The molecule has 4 N–H and O–H groups in total. The number of alkyl carbamates (subject to hydrolysis) is 1. The second-order valence-electron chi connectivity index (χ2n) is 5.30. The third-order valence-corrected chi connectivity index (χ3v) is 2.32. The third-order valence-electron chi connectivity index (χ3n) is 2.32. The van der Waals surface area contributed by atoms with E-state index in [0.29, 0.717) is 0 Å². The molecular formula is C13H20N2O5. The number of aromatic hydroxyl groups is 1. The first kappa shape index (κ1) is 16.2. The minimum atomic E-state index is -1.41. The van der Waals surface area contributed by atoms with Gasteiger partial charge in [0.25, 0.3) is 0 Å². The van der Waals surface area contributed by atoms with Crippen LogP contribution >= 0.6 is 0 Å². The van der Waals surface area contributed by atoms with Crippen molar-refractivity contribution in [3.05, 3.63) is 24.0 Å². The maximum atomic E-state index is 11.4. The molecule has 7 heteroatoms. The minimum absolute atomic E-state index is 0.0500. The lowest BCUT2D eigenvalue weighted by atomic mass is 10.1. The summed E-state index contributed by atoms with van der Waals surface area (Å²) in [4.78, 5) is 15.2. The molecule has 2 atom stereocenters. The highest BCUT2D eigenvalue weighted by Crippen LogP contribution is 2.23. The van der Waals surface area contributed by atoms with Crippen molar-refractivity contribution in [2.75, 3.05) is 6.54 Å². The van der Waals surface area contributed by atoms with Crippen LogP contribution in [0, 0.1) is 0 Å². The Labute approximate surface area is 117 Å². The predicted octanol–water partition coefficient (Wildman–Crippen LogP) is 0.706. The quantitative estimate of drug-likeness (QED) is 0.647. The van der Waals surface area contributed by atoms with Crippen molar-refractivity contribution in [3.8, 4) is 5.75 Å². The molecule has 0 aromatic carbocycles. The maximum Gasteiger partial charge on any atom is 0.407 e. The number of aromatic nitrogens is 1. The Morgan fingerprint density at radius 3 is 2.65 bits per heavy atom. The van der Waals surface area contributed by atoms with Gasteiger partial charge in [-0.3, -0.25) is 4.98 Å². The number of amides is 1. The number of nitrogens with zero attached hydrogens (tertiary/aromatic N) is 1. The van der Waals surface area contributed by atoms with Crippen molar-refractivity contribution in [2.45, 2.75) is 38.6 Å². The number of aliphatic hydroxyl groups is 2. The van der Waals surface area contributed by atoms with Crippen LogP contribution in [0.2, 0.25) is 0 Å². The van der Waals surface area contributed by atoms with Crippen LogP contribution < -0.4 is 5.32 Å². The van der Waals surface area contributed by atoms with Gasteiger partial charge < -0.3 is 25.4 Å². The van der Waals surface area contributed by atoms with Gasteiger partial charge in [0.2, 0.25) is 0 Å². The highest BCUT2D eigenvalue weighted by Gasteiger charge is 2.24. The topological polar surface area (TPSA) is 112 Å². The predicted molar refractivity (Wildman–Crippen MR) is 71.1 cm³/mol. The molecule has 0 fully saturated rings. The molecule has 2 unspecified atom stereocenters. The number of nitrogens with one attached hydrogen (secondary N) is 1. The molecule has 7 nitrogen and oxygen atoms in total. The van der Waals surface area contributed by atoms with Gasteiger partial charge >= 0.3 is 6.09 Å². The fraction of sp³-hybridized carbons (Fsp3) is 0.538. The fourth-order valence-electron chi connectivity index (χ4n) is 1.43. The number of rotatable bonds is 4. The zero-order valence-electron chi connectivity index (χ0n) is 11.7. The lowest BCUT2D eigenvalue weighted by Crippen LogP contribution is -2.39. The van der Waals surface area contributed by atoms with E-state index in [4.69, 9.17) is 4.74 Å². The summed E-state index contributed by atoms with van der Waals surface area (Å²) >= 11 is 0. The van der Waals surface area contributed by atoms with Crippen LogP contribution in [0.3, 0.4) is 0 Å². The molecule has 1 amide bonds. The number of pyridine rings is 1. The Kier molecular flexibility index (Phi) is 5.29. The van der Waals surface area contributed by atoms with Crippen molar-refractivity contribution >= 4 is 6.09 Å². The summed E-state index contributed by atoms with van der Waals surface area (Å²) in [5, 5.41) is 31.5. The molecule has 1 heterocycles. The maximum absolute atomic E-state index is 11.4. The summed E-state index contributed by atoms with van der Waals surface area (Å²) in [6, 6.07) is 2.84. The Bertz CT molecular complexity index is 458. The van der Waals surface area contributed by atoms with E-state index in [2.05, 4.69) is 10.3 Å². The van der Waals surface area contributed by atoms with Gasteiger partial charge in [-0.2, -0.15) is 0 Å². The standard InChI is InChI=1S/C13H20N2O5/c1-13(2,3)20-12(19)15-7-9(17)11(18)10-8(16)5-4-6-14-10/h4-6,9,11,16-18H,7H2,1-3H3,(H,15,19). The number of ether oxygens (including phenoxy) is 1.